The van der Waals surface area contributed by atoms with E-state index in [2.05, 4.69) is 151 Å². The third-order valence-electron chi connectivity index (χ3n) is 10.3. The van der Waals surface area contributed by atoms with E-state index in [1.807, 2.05) is 49.1 Å². The first-order chi connectivity index (χ1) is 25.8. The van der Waals surface area contributed by atoms with Crippen molar-refractivity contribution in [1.29, 1.82) is 0 Å². The second-order valence-electron chi connectivity index (χ2n) is 13.1. The van der Waals surface area contributed by atoms with Crippen LogP contribution in [-0.4, -0.2) is 19.1 Å². The Morgan fingerprint density at radius 3 is 1.33 bits per heavy atom. The van der Waals surface area contributed by atoms with Gasteiger partial charge in [-0.25, -0.2) is 0 Å². The molecule has 0 aliphatic carbocycles. The number of hydrogen-bond acceptors (Lipinski definition) is 4. The highest BCUT2D eigenvalue weighted by molar-refractivity contribution is 6.29. The van der Waals surface area contributed by atoms with Crippen molar-refractivity contribution in [2.75, 3.05) is 4.90 Å². The highest BCUT2D eigenvalue weighted by Gasteiger charge is 2.22. The van der Waals surface area contributed by atoms with Crippen LogP contribution < -0.4 is 4.90 Å². The number of pyridine rings is 2. The third kappa shape index (κ3) is 4.12. The highest BCUT2D eigenvalue weighted by atomic mass is 16.3. The van der Waals surface area contributed by atoms with Crippen LogP contribution in [0.25, 0.3) is 76.9 Å². The summed E-state index contributed by atoms with van der Waals surface area (Å²) in [5.74, 6) is 0. The van der Waals surface area contributed by atoms with Gasteiger partial charge in [-0.05, 0) is 97.1 Å². The molecule has 5 heterocycles. The molecule has 0 atom stereocenters. The fraction of sp³-hybridized carbons (Fsp3) is 0. The van der Waals surface area contributed by atoms with E-state index in [1.165, 1.54) is 5.39 Å². The van der Waals surface area contributed by atoms with Gasteiger partial charge in [0, 0.05) is 74.8 Å². The number of benzene rings is 6. The zero-order valence-corrected chi connectivity index (χ0v) is 27.9. The summed E-state index contributed by atoms with van der Waals surface area (Å²) in [6, 6.07) is 53.6. The van der Waals surface area contributed by atoms with Gasteiger partial charge in [-0.3, -0.25) is 9.97 Å². The topological polar surface area (TPSA) is 52.0 Å². The maximum Gasteiger partial charge on any atom is 0.145 e. The van der Waals surface area contributed by atoms with Crippen LogP contribution in [0.3, 0.4) is 0 Å². The Morgan fingerprint density at radius 2 is 0.808 bits per heavy atom. The first-order valence-corrected chi connectivity index (χ1v) is 17.4. The van der Waals surface area contributed by atoms with Crippen LogP contribution in [-0.2, 0) is 0 Å². The van der Waals surface area contributed by atoms with E-state index in [4.69, 9.17) is 4.42 Å². The summed E-state index contributed by atoms with van der Waals surface area (Å²) in [7, 11) is 0. The number of aromatic nitrogens is 4. The van der Waals surface area contributed by atoms with Gasteiger partial charge in [0.1, 0.15) is 11.2 Å². The number of furan rings is 1. The van der Waals surface area contributed by atoms with Crippen molar-refractivity contribution in [3.8, 4) is 11.4 Å². The number of nitrogens with zero attached hydrogens (tertiary/aromatic N) is 5. The number of hydrogen-bond donors (Lipinski definition) is 0. The van der Waals surface area contributed by atoms with Crippen LogP contribution in [0.15, 0.2) is 181 Å². The summed E-state index contributed by atoms with van der Waals surface area (Å²) in [5.41, 5.74) is 11.6. The lowest BCUT2D eigenvalue weighted by atomic mass is 10.1. The molecule has 0 spiro atoms. The molecule has 52 heavy (non-hydrogen) atoms. The Labute approximate surface area is 298 Å². The molecule has 6 nitrogen and oxygen atoms in total. The normalized spacial score (nSPS) is 11.8. The molecular weight excluding hydrogens is 639 g/mol. The quantitative estimate of drug-likeness (QED) is 0.183. The number of para-hydroxylation sites is 3. The first-order valence-electron chi connectivity index (χ1n) is 17.4. The van der Waals surface area contributed by atoms with Gasteiger partial charge in [-0.15, -0.1) is 0 Å². The van der Waals surface area contributed by atoms with Gasteiger partial charge < -0.3 is 18.5 Å². The summed E-state index contributed by atoms with van der Waals surface area (Å²) in [6.07, 6.45) is 7.28. The molecule has 0 bridgehead atoms. The van der Waals surface area contributed by atoms with Crippen LogP contribution in [0.2, 0.25) is 0 Å². The molecule has 244 valence electrons. The summed E-state index contributed by atoms with van der Waals surface area (Å²) < 4.78 is 11.8. The predicted octanol–water partition coefficient (Wildman–Crippen LogP) is 12.0. The summed E-state index contributed by atoms with van der Waals surface area (Å²) in [5, 5.41) is 6.82. The minimum Gasteiger partial charge on any atom is -0.455 e. The van der Waals surface area contributed by atoms with Crippen molar-refractivity contribution in [2.24, 2.45) is 0 Å². The Hall–Kier alpha value is -7.18. The standard InChI is InChI=1S/C46H29N5O/c1-2-8-30(9-3-1)50-39-12-6-4-10-37(39)43-41(50)20-18-35-36-19-21-42-44(46(36)52-45(35)43)38-11-5-7-13-40(38)51(42)32-16-14-31(15-17-32)49(33-22-26-47-27-23-33)34-24-28-48-29-25-34/h1-29H. The van der Waals surface area contributed by atoms with Crippen LogP contribution in [0.5, 0.6) is 0 Å². The van der Waals surface area contributed by atoms with Gasteiger partial charge in [0.2, 0.25) is 0 Å². The third-order valence-corrected chi connectivity index (χ3v) is 10.3. The average Bonchev–Trinajstić information content (AvgIpc) is 3.87. The van der Waals surface area contributed by atoms with E-state index in [-0.39, 0.29) is 0 Å². The molecule has 0 N–H and O–H groups in total. The van der Waals surface area contributed by atoms with Crippen LogP contribution >= 0.6 is 0 Å². The lowest BCUT2D eigenvalue weighted by molar-refractivity contribution is 0.677. The predicted molar refractivity (Wildman–Crippen MR) is 213 cm³/mol. The Morgan fingerprint density at radius 1 is 0.365 bits per heavy atom. The van der Waals surface area contributed by atoms with Crippen molar-refractivity contribution in [1.82, 2.24) is 19.1 Å². The van der Waals surface area contributed by atoms with Gasteiger partial charge in [-0.1, -0.05) is 54.6 Å². The highest BCUT2D eigenvalue weighted by Crippen LogP contribution is 2.45. The second kappa shape index (κ2) is 11.2. The van der Waals surface area contributed by atoms with Crippen molar-refractivity contribution in [3.63, 3.8) is 0 Å². The van der Waals surface area contributed by atoms with Crippen molar-refractivity contribution in [2.45, 2.75) is 0 Å². The van der Waals surface area contributed by atoms with E-state index in [1.54, 1.807) is 0 Å². The van der Waals surface area contributed by atoms with Gasteiger partial charge in [0.15, 0.2) is 0 Å². The molecule has 5 aromatic heterocycles. The van der Waals surface area contributed by atoms with Gasteiger partial charge >= 0.3 is 0 Å². The summed E-state index contributed by atoms with van der Waals surface area (Å²) in [4.78, 5) is 10.7. The van der Waals surface area contributed by atoms with Gasteiger partial charge in [0.05, 0.1) is 32.8 Å². The number of fused-ring (bicyclic) bond motifs is 11. The van der Waals surface area contributed by atoms with E-state index < -0.39 is 0 Å². The van der Waals surface area contributed by atoms with Gasteiger partial charge in [0.25, 0.3) is 0 Å². The summed E-state index contributed by atoms with van der Waals surface area (Å²) >= 11 is 0. The Bertz CT molecular complexity index is 3070. The molecule has 6 heteroatoms. The number of anilines is 3. The zero-order valence-electron chi connectivity index (χ0n) is 27.9. The lowest BCUT2D eigenvalue weighted by Gasteiger charge is -2.25. The lowest BCUT2D eigenvalue weighted by Crippen LogP contribution is -2.10. The maximum absolute atomic E-state index is 7.10. The SMILES string of the molecule is c1ccc(-n2c3ccccc3c3c4oc5c(ccc6c5c5ccccc5n6-c5ccc(N(c6ccncc6)c6ccncc6)cc5)c4ccc32)cc1. The molecule has 11 aromatic rings. The fourth-order valence-corrected chi connectivity index (χ4v) is 8.11. The van der Waals surface area contributed by atoms with Crippen LogP contribution in [0.4, 0.5) is 17.1 Å². The smallest absolute Gasteiger partial charge is 0.145 e. The molecule has 0 radical (unpaired) electrons. The minimum atomic E-state index is 0.907. The van der Waals surface area contributed by atoms with E-state index in [9.17, 15) is 0 Å². The van der Waals surface area contributed by atoms with Crippen molar-refractivity contribution >= 4 is 82.6 Å². The molecule has 0 unspecified atom stereocenters. The van der Waals surface area contributed by atoms with Crippen molar-refractivity contribution < 1.29 is 4.42 Å². The van der Waals surface area contributed by atoms with Crippen molar-refractivity contribution in [3.05, 3.63) is 176 Å². The summed E-state index contributed by atoms with van der Waals surface area (Å²) in [6.45, 7) is 0. The van der Waals surface area contributed by atoms with Gasteiger partial charge in [-0.2, -0.15) is 0 Å². The number of rotatable bonds is 5. The molecule has 6 aromatic carbocycles. The Kier molecular flexibility index (Phi) is 6.15. The molecule has 11 rings (SSSR count). The van der Waals surface area contributed by atoms with Crippen LogP contribution in [0, 0.1) is 0 Å². The molecule has 0 amide bonds. The maximum atomic E-state index is 7.10. The first kappa shape index (κ1) is 28.6. The Balaban J connectivity index is 1.13. The zero-order chi connectivity index (χ0) is 34.2. The molecule has 0 saturated heterocycles. The fourth-order valence-electron chi connectivity index (χ4n) is 8.11. The largest absolute Gasteiger partial charge is 0.455 e. The molecule has 0 saturated carbocycles. The average molecular weight is 668 g/mol. The van der Waals surface area contributed by atoms with E-state index >= 15 is 0 Å². The minimum absolute atomic E-state index is 0.907. The molecule has 0 fully saturated rings. The van der Waals surface area contributed by atoms with E-state index in [0.717, 1.165) is 88.6 Å². The molecule has 0 aliphatic rings. The van der Waals surface area contributed by atoms with Crippen LogP contribution in [0.1, 0.15) is 0 Å². The second-order valence-corrected chi connectivity index (χ2v) is 13.1. The molecular formula is C46H29N5O. The molecule has 0 aliphatic heterocycles. The monoisotopic (exact) mass is 667 g/mol. The van der Waals surface area contributed by atoms with E-state index in [0.29, 0.717) is 0 Å².